The number of amides is 1. The highest BCUT2D eigenvalue weighted by Crippen LogP contribution is 2.10. The minimum Gasteiger partial charge on any atom is -0.355 e. The zero-order valence-corrected chi connectivity index (χ0v) is 10.0. The van der Waals surface area contributed by atoms with Crippen LogP contribution in [0.5, 0.6) is 0 Å². The molecule has 0 aliphatic carbocycles. The maximum atomic E-state index is 13.0. The minimum absolute atomic E-state index is 0.0184. The van der Waals surface area contributed by atoms with Crippen molar-refractivity contribution in [2.75, 3.05) is 6.54 Å². The van der Waals surface area contributed by atoms with Crippen molar-refractivity contribution >= 4 is 5.91 Å². The summed E-state index contributed by atoms with van der Waals surface area (Å²) < 4.78 is 25.8. The molecule has 98 valence electrons. The van der Waals surface area contributed by atoms with Gasteiger partial charge in [-0.05, 0) is 37.0 Å². The van der Waals surface area contributed by atoms with Crippen LogP contribution in [-0.4, -0.2) is 18.5 Å². The summed E-state index contributed by atoms with van der Waals surface area (Å²) >= 11 is 0. The lowest BCUT2D eigenvalue weighted by Gasteiger charge is -2.15. The molecule has 1 heterocycles. The van der Waals surface area contributed by atoms with Crippen molar-refractivity contribution in [2.45, 2.75) is 31.8 Å². The Morgan fingerprint density at radius 2 is 2.11 bits per heavy atom. The maximum absolute atomic E-state index is 13.0. The summed E-state index contributed by atoms with van der Waals surface area (Å²) in [7, 11) is 0. The van der Waals surface area contributed by atoms with Crippen LogP contribution < -0.4 is 10.6 Å². The van der Waals surface area contributed by atoms with Crippen LogP contribution in [0.15, 0.2) is 18.2 Å². The molecule has 0 aromatic heterocycles. The van der Waals surface area contributed by atoms with E-state index in [2.05, 4.69) is 10.6 Å². The lowest BCUT2D eigenvalue weighted by Crippen LogP contribution is -2.42. The fourth-order valence-corrected chi connectivity index (χ4v) is 2.02. The Hall–Kier alpha value is -1.49. The van der Waals surface area contributed by atoms with Gasteiger partial charge >= 0.3 is 0 Å². The highest BCUT2D eigenvalue weighted by atomic mass is 19.2. The molecule has 0 saturated carbocycles. The van der Waals surface area contributed by atoms with E-state index in [0.29, 0.717) is 18.7 Å². The Bertz CT molecular complexity index is 437. The monoisotopic (exact) mass is 254 g/mol. The number of nitrogens with one attached hydrogen (secondary N) is 2. The van der Waals surface area contributed by atoms with Gasteiger partial charge in [0.2, 0.25) is 5.91 Å². The SMILES string of the molecule is O=C1NCCCCC1NCc1ccc(F)c(F)c1. The van der Waals surface area contributed by atoms with Gasteiger partial charge in [-0.25, -0.2) is 8.78 Å². The van der Waals surface area contributed by atoms with Gasteiger partial charge in [0.15, 0.2) is 11.6 Å². The van der Waals surface area contributed by atoms with Crippen molar-refractivity contribution in [3.63, 3.8) is 0 Å². The van der Waals surface area contributed by atoms with Crippen molar-refractivity contribution in [3.05, 3.63) is 35.4 Å². The molecule has 1 fully saturated rings. The van der Waals surface area contributed by atoms with Crippen molar-refractivity contribution in [2.24, 2.45) is 0 Å². The molecule has 1 atom stereocenters. The summed E-state index contributed by atoms with van der Waals surface area (Å²) in [5.74, 6) is -1.74. The zero-order valence-electron chi connectivity index (χ0n) is 10.0. The molecule has 0 radical (unpaired) electrons. The smallest absolute Gasteiger partial charge is 0.237 e. The van der Waals surface area contributed by atoms with Crippen molar-refractivity contribution in [1.29, 1.82) is 0 Å². The number of carbonyl (C=O) groups is 1. The van der Waals surface area contributed by atoms with E-state index in [0.717, 1.165) is 31.4 Å². The van der Waals surface area contributed by atoms with E-state index in [1.54, 1.807) is 0 Å². The molecule has 18 heavy (non-hydrogen) atoms. The first-order valence-corrected chi connectivity index (χ1v) is 6.12. The Morgan fingerprint density at radius 3 is 2.89 bits per heavy atom. The summed E-state index contributed by atoms with van der Waals surface area (Å²) in [5.41, 5.74) is 0.631. The van der Waals surface area contributed by atoms with Gasteiger partial charge in [-0.15, -0.1) is 0 Å². The molecule has 2 N–H and O–H groups in total. The third-order valence-electron chi connectivity index (χ3n) is 3.07. The molecule has 3 nitrogen and oxygen atoms in total. The van der Waals surface area contributed by atoms with Crippen LogP contribution in [0, 0.1) is 11.6 Å². The van der Waals surface area contributed by atoms with E-state index in [1.807, 2.05) is 0 Å². The van der Waals surface area contributed by atoms with Gasteiger partial charge in [-0.3, -0.25) is 4.79 Å². The van der Waals surface area contributed by atoms with E-state index >= 15 is 0 Å². The first-order chi connectivity index (χ1) is 8.66. The van der Waals surface area contributed by atoms with Crippen LogP contribution in [0.1, 0.15) is 24.8 Å². The molecule has 0 spiro atoms. The highest BCUT2D eigenvalue weighted by molar-refractivity contribution is 5.81. The van der Waals surface area contributed by atoms with E-state index in [9.17, 15) is 13.6 Å². The van der Waals surface area contributed by atoms with Crippen LogP contribution in [0.2, 0.25) is 0 Å². The number of carbonyl (C=O) groups excluding carboxylic acids is 1. The number of benzene rings is 1. The Morgan fingerprint density at radius 1 is 1.28 bits per heavy atom. The largest absolute Gasteiger partial charge is 0.355 e. The van der Waals surface area contributed by atoms with Gasteiger partial charge < -0.3 is 10.6 Å². The average molecular weight is 254 g/mol. The third kappa shape index (κ3) is 3.26. The number of hydrogen-bond acceptors (Lipinski definition) is 2. The summed E-state index contributed by atoms with van der Waals surface area (Å²) in [4.78, 5) is 11.6. The second kappa shape index (κ2) is 5.91. The fourth-order valence-electron chi connectivity index (χ4n) is 2.02. The molecule has 5 heteroatoms. The van der Waals surface area contributed by atoms with Crippen molar-refractivity contribution in [3.8, 4) is 0 Å². The molecule has 1 saturated heterocycles. The van der Waals surface area contributed by atoms with E-state index in [1.165, 1.54) is 6.07 Å². The topological polar surface area (TPSA) is 41.1 Å². The second-order valence-corrected chi connectivity index (χ2v) is 4.47. The zero-order chi connectivity index (χ0) is 13.0. The standard InChI is InChI=1S/C13H16F2N2O/c14-10-5-4-9(7-11(10)15)8-17-12-3-1-2-6-16-13(12)18/h4-5,7,12,17H,1-3,6,8H2,(H,16,18). The van der Waals surface area contributed by atoms with Gasteiger partial charge in [0, 0.05) is 13.1 Å². The predicted molar refractivity (Wildman–Crippen MR) is 63.8 cm³/mol. The normalized spacial score (nSPS) is 20.3. The lowest BCUT2D eigenvalue weighted by molar-refractivity contribution is -0.122. The molecule has 0 bridgehead atoms. The molecule has 1 aliphatic heterocycles. The van der Waals surface area contributed by atoms with E-state index in [4.69, 9.17) is 0 Å². The second-order valence-electron chi connectivity index (χ2n) is 4.47. The summed E-state index contributed by atoms with van der Waals surface area (Å²) in [6, 6.07) is 3.51. The Balaban J connectivity index is 1.93. The Labute approximate surface area is 105 Å². The molecule has 1 aliphatic rings. The van der Waals surface area contributed by atoms with Crippen LogP contribution in [0.3, 0.4) is 0 Å². The summed E-state index contributed by atoms with van der Waals surface area (Å²) in [5, 5.41) is 5.89. The molecular formula is C13H16F2N2O. The first-order valence-electron chi connectivity index (χ1n) is 6.12. The first kappa shape index (κ1) is 13.0. The van der Waals surface area contributed by atoms with Gasteiger partial charge in [-0.2, -0.15) is 0 Å². The third-order valence-corrected chi connectivity index (χ3v) is 3.07. The highest BCUT2D eigenvalue weighted by Gasteiger charge is 2.19. The molecule has 1 aromatic carbocycles. The van der Waals surface area contributed by atoms with Gasteiger partial charge in [0.25, 0.3) is 0 Å². The predicted octanol–water partition coefficient (Wildman–Crippen LogP) is 1.72. The fraction of sp³-hybridized carbons (Fsp3) is 0.462. The number of hydrogen-bond donors (Lipinski definition) is 2. The van der Waals surface area contributed by atoms with Crippen LogP contribution >= 0.6 is 0 Å². The lowest BCUT2D eigenvalue weighted by atomic mass is 10.1. The molecule has 1 unspecified atom stereocenters. The van der Waals surface area contributed by atoms with E-state index < -0.39 is 11.6 Å². The van der Waals surface area contributed by atoms with Gasteiger partial charge in [0.05, 0.1) is 6.04 Å². The molecule has 1 amide bonds. The van der Waals surface area contributed by atoms with Crippen LogP contribution in [-0.2, 0) is 11.3 Å². The van der Waals surface area contributed by atoms with Crippen molar-refractivity contribution in [1.82, 2.24) is 10.6 Å². The minimum atomic E-state index is -0.861. The molecule has 2 rings (SSSR count). The average Bonchev–Trinajstić information content (AvgIpc) is 2.56. The summed E-state index contributed by atoms with van der Waals surface area (Å²) in [6.45, 7) is 1.07. The van der Waals surface area contributed by atoms with Crippen molar-refractivity contribution < 1.29 is 13.6 Å². The molecular weight excluding hydrogens is 238 g/mol. The molecule has 1 aromatic rings. The quantitative estimate of drug-likeness (QED) is 0.862. The maximum Gasteiger partial charge on any atom is 0.237 e. The Kier molecular flexibility index (Phi) is 4.25. The summed E-state index contributed by atoms with van der Waals surface area (Å²) in [6.07, 6.45) is 2.73. The van der Waals surface area contributed by atoms with Gasteiger partial charge in [-0.1, -0.05) is 6.07 Å². The number of halogens is 2. The van der Waals surface area contributed by atoms with E-state index in [-0.39, 0.29) is 11.9 Å². The number of rotatable bonds is 3. The van der Waals surface area contributed by atoms with Crippen LogP contribution in [0.4, 0.5) is 8.78 Å². The van der Waals surface area contributed by atoms with Crippen LogP contribution in [0.25, 0.3) is 0 Å². The van der Waals surface area contributed by atoms with Gasteiger partial charge in [0.1, 0.15) is 0 Å².